The van der Waals surface area contributed by atoms with Crippen LogP contribution < -0.4 is 5.32 Å². The molecule has 2 N–H and O–H groups in total. The van der Waals surface area contributed by atoms with E-state index in [0.29, 0.717) is 5.56 Å². The van der Waals surface area contributed by atoms with Gasteiger partial charge < -0.3 is 10.4 Å². The van der Waals surface area contributed by atoms with Crippen molar-refractivity contribution in [3.63, 3.8) is 0 Å². The number of aromatic nitrogens is 2. The molecule has 0 unspecified atom stereocenters. The molecule has 7 heteroatoms. The average Bonchev–Trinajstić information content (AvgIpc) is 3.04. The summed E-state index contributed by atoms with van der Waals surface area (Å²) in [4.78, 5) is 27.7. The average molecular weight is 321 g/mol. The largest absolute Gasteiger partial charge is 0.481 e. The first-order valence-corrected chi connectivity index (χ1v) is 7.72. The van der Waals surface area contributed by atoms with Crippen molar-refractivity contribution in [2.45, 2.75) is 27.7 Å². The van der Waals surface area contributed by atoms with Crippen molar-refractivity contribution in [2.75, 3.05) is 6.54 Å². The number of aliphatic carboxylic acids is 1. The Morgan fingerprint density at radius 2 is 2.09 bits per heavy atom. The Morgan fingerprint density at radius 1 is 1.41 bits per heavy atom. The Bertz CT molecular complexity index is 702. The van der Waals surface area contributed by atoms with E-state index in [4.69, 9.17) is 5.11 Å². The maximum atomic E-state index is 12.3. The highest BCUT2D eigenvalue weighted by atomic mass is 32.1. The minimum Gasteiger partial charge on any atom is -0.481 e. The summed E-state index contributed by atoms with van der Waals surface area (Å²) >= 11 is 1.49. The second-order valence-corrected chi connectivity index (χ2v) is 6.68. The maximum Gasteiger partial charge on any atom is 0.310 e. The summed E-state index contributed by atoms with van der Waals surface area (Å²) in [5.41, 5.74) is 1.23. The molecule has 6 nitrogen and oxygen atoms in total. The molecule has 2 heterocycles. The van der Waals surface area contributed by atoms with Gasteiger partial charge in [0, 0.05) is 29.5 Å². The number of rotatable bonds is 5. The number of carboxylic acid groups (broad SMARTS) is 1. The van der Waals surface area contributed by atoms with Crippen LogP contribution in [0, 0.1) is 19.3 Å². The number of nitrogens with one attached hydrogen (secondary N) is 1. The van der Waals surface area contributed by atoms with Gasteiger partial charge in [0.2, 0.25) is 0 Å². The number of carbonyl (C=O) groups excluding carboxylic acids is 1. The molecule has 0 aromatic carbocycles. The third-order valence-electron chi connectivity index (χ3n) is 3.56. The molecule has 2 aromatic heterocycles. The molecule has 0 saturated heterocycles. The van der Waals surface area contributed by atoms with E-state index in [1.54, 1.807) is 26.1 Å². The number of aryl methyl sites for hydroxylation is 1. The number of nitrogens with zero attached hydrogens (tertiary/aromatic N) is 2. The van der Waals surface area contributed by atoms with Gasteiger partial charge >= 0.3 is 5.97 Å². The van der Waals surface area contributed by atoms with Crippen LogP contribution in [0.1, 0.15) is 35.6 Å². The van der Waals surface area contributed by atoms with Gasteiger partial charge in [-0.2, -0.15) is 0 Å². The summed E-state index contributed by atoms with van der Waals surface area (Å²) < 4.78 is 1.92. The maximum absolute atomic E-state index is 12.3. The third-order valence-corrected chi connectivity index (χ3v) is 4.31. The van der Waals surface area contributed by atoms with Crippen LogP contribution in [0.4, 0.5) is 0 Å². The quantitative estimate of drug-likeness (QED) is 0.885. The highest BCUT2D eigenvalue weighted by molar-refractivity contribution is 7.12. The summed E-state index contributed by atoms with van der Waals surface area (Å²) in [7, 11) is 0. The molecule has 1 amide bonds. The lowest BCUT2D eigenvalue weighted by atomic mass is 9.94. The Morgan fingerprint density at radius 3 is 2.64 bits per heavy atom. The topological polar surface area (TPSA) is 84.2 Å². The van der Waals surface area contributed by atoms with Crippen LogP contribution in [-0.4, -0.2) is 33.1 Å². The summed E-state index contributed by atoms with van der Waals surface area (Å²) in [6.07, 6.45) is 1.72. The van der Waals surface area contributed by atoms with Gasteiger partial charge in [0.15, 0.2) is 5.13 Å². The lowest BCUT2D eigenvalue weighted by Crippen LogP contribution is -2.39. The van der Waals surface area contributed by atoms with Gasteiger partial charge in [-0.05, 0) is 33.8 Å². The Labute approximate surface area is 132 Å². The predicted octanol–water partition coefficient (Wildman–Crippen LogP) is 2.39. The zero-order chi connectivity index (χ0) is 16.5. The monoisotopic (exact) mass is 321 g/mol. The third kappa shape index (κ3) is 3.04. The smallest absolute Gasteiger partial charge is 0.310 e. The summed E-state index contributed by atoms with van der Waals surface area (Å²) in [6, 6.07) is 1.79. The van der Waals surface area contributed by atoms with Gasteiger partial charge in [-0.1, -0.05) is 0 Å². The molecule has 2 aromatic rings. The van der Waals surface area contributed by atoms with E-state index in [9.17, 15) is 9.59 Å². The molecule has 0 fully saturated rings. The number of carbonyl (C=O) groups is 2. The second-order valence-electron chi connectivity index (χ2n) is 5.81. The van der Waals surface area contributed by atoms with Gasteiger partial charge in [0.05, 0.1) is 11.0 Å². The lowest BCUT2D eigenvalue weighted by Gasteiger charge is -2.19. The molecule has 22 heavy (non-hydrogen) atoms. The Kier molecular flexibility index (Phi) is 4.37. The van der Waals surface area contributed by atoms with E-state index in [1.807, 2.05) is 23.8 Å². The van der Waals surface area contributed by atoms with Crippen molar-refractivity contribution < 1.29 is 14.7 Å². The normalized spacial score (nSPS) is 11.5. The molecule has 0 aliphatic heterocycles. The summed E-state index contributed by atoms with van der Waals surface area (Å²) in [6.45, 7) is 6.99. The van der Waals surface area contributed by atoms with Crippen molar-refractivity contribution in [1.82, 2.24) is 14.9 Å². The molecule has 118 valence electrons. The van der Waals surface area contributed by atoms with Crippen LogP contribution in [0.2, 0.25) is 0 Å². The lowest BCUT2D eigenvalue weighted by molar-refractivity contribution is -0.146. The fraction of sp³-hybridized carbons (Fsp3) is 0.400. The van der Waals surface area contributed by atoms with E-state index in [0.717, 1.165) is 16.5 Å². The Hall–Kier alpha value is -2.15. The molecular formula is C15H19N3O3S. The zero-order valence-corrected chi connectivity index (χ0v) is 13.8. The SMILES string of the molecule is Cc1cc(C(=O)NCC(C)(C)C(=O)O)c(C)n1-c1nccs1. The first-order chi connectivity index (χ1) is 10.2. The van der Waals surface area contributed by atoms with Gasteiger partial charge in [0.25, 0.3) is 5.91 Å². The highest BCUT2D eigenvalue weighted by Crippen LogP contribution is 2.22. The van der Waals surface area contributed by atoms with Crippen molar-refractivity contribution in [1.29, 1.82) is 0 Å². The van der Waals surface area contributed by atoms with E-state index < -0.39 is 11.4 Å². The van der Waals surface area contributed by atoms with E-state index in [1.165, 1.54) is 11.3 Å². The first kappa shape index (κ1) is 16.2. The number of hydrogen-bond acceptors (Lipinski definition) is 4. The number of hydrogen-bond donors (Lipinski definition) is 2. The van der Waals surface area contributed by atoms with Gasteiger partial charge in [-0.15, -0.1) is 11.3 Å². The molecule has 0 aliphatic carbocycles. The number of carboxylic acids is 1. The molecule has 0 bridgehead atoms. The molecule has 0 saturated carbocycles. The van der Waals surface area contributed by atoms with E-state index in [-0.39, 0.29) is 12.5 Å². The van der Waals surface area contributed by atoms with Crippen molar-refractivity contribution in [3.05, 3.63) is 34.6 Å². The molecule has 0 aliphatic rings. The highest BCUT2D eigenvalue weighted by Gasteiger charge is 2.28. The molecule has 2 rings (SSSR count). The minimum atomic E-state index is -1.00. The van der Waals surface area contributed by atoms with Crippen LogP contribution in [0.5, 0.6) is 0 Å². The van der Waals surface area contributed by atoms with Crippen LogP contribution in [-0.2, 0) is 4.79 Å². The number of thiazole rings is 1. The van der Waals surface area contributed by atoms with Gasteiger partial charge in [-0.3, -0.25) is 14.2 Å². The van der Waals surface area contributed by atoms with Crippen LogP contribution in [0.25, 0.3) is 5.13 Å². The molecule has 0 radical (unpaired) electrons. The minimum absolute atomic E-state index is 0.0715. The van der Waals surface area contributed by atoms with Crippen molar-refractivity contribution >= 4 is 23.2 Å². The van der Waals surface area contributed by atoms with Crippen LogP contribution >= 0.6 is 11.3 Å². The van der Waals surface area contributed by atoms with Crippen LogP contribution in [0.15, 0.2) is 17.6 Å². The molecular weight excluding hydrogens is 302 g/mol. The van der Waals surface area contributed by atoms with Crippen molar-refractivity contribution in [2.24, 2.45) is 5.41 Å². The fourth-order valence-electron chi connectivity index (χ4n) is 2.09. The van der Waals surface area contributed by atoms with Gasteiger partial charge in [-0.25, -0.2) is 4.98 Å². The number of amides is 1. The van der Waals surface area contributed by atoms with Gasteiger partial charge in [0.1, 0.15) is 0 Å². The molecule has 0 spiro atoms. The molecule has 0 atom stereocenters. The zero-order valence-electron chi connectivity index (χ0n) is 13.0. The predicted molar refractivity (Wildman–Crippen MR) is 84.7 cm³/mol. The van der Waals surface area contributed by atoms with Crippen molar-refractivity contribution in [3.8, 4) is 5.13 Å². The first-order valence-electron chi connectivity index (χ1n) is 6.84. The summed E-state index contributed by atoms with van der Waals surface area (Å²) in [5.74, 6) is -1.22. The summed E-state index contributed by atoms with van der Waals surface area (Å²) in [5, 5.41) is 14.5. The van der Waals surface area contributed by atoms with E-state index >= 15 is 0 Å². The second kappa shape index (κ2) is 5.92. The standard InChI is InChI=1S/C15H19N3O3S/c1-9-7-11(10(2)18(9)14-16-5-6-22-14)12(19)17-8-15(3,4)13(20)21/h5-7H,8H2,1-4H3,(H,17,19)(H,20,21). The fourth-order valence-corrected chi connectivity index (χ4v) is 2.84. The van der Waals surface area contributed by atoms with Crippen LogP contribution in [0.3, 0.4) is 0 Å². The van der Waals surface area contributed by atoms with E-state index in [2.05, 4.69) is 10.3 Å². The Balaban J connectivity index is 2.22.